The molecule has 3 rings (SSSR count). The van der Waals surface area contributed by atoms with Crippen molar-refractivity contribution in [2.24, 2.45) is 0 Å². The molecule has 0 saturated heterocycles. The van der Waals surface area contributed by atoms with Crippen LogP contribution in [0.15, 0.2) is 36.5 Å². The van der Waals surface area contributed by atoms with E-state index in [-0.39, 0.29) is 13.1 Å². The number of benzene rings is 2. The third-order valence-corrected chi connectivity index (χ3v) is 4.33. The van der Waals surface area contributed by atoms with E-state index in [1.165, 1.54) is 12.3 Å². The zero-order chi connectivity index (χ0) is 20.3. The molecule has 0 radical (unpaired) electrons. The Labute approximate surface area is 161 Å². The zero-order valence-corrected chi connectivity index (χ0v) is 15.4. The van der Waals surface area contributed by atoms with Gasteiger partial charge in [-0.15, -0.1) is 0 Å². The van der Waals surface area contributed by atoms with Crippen LogP contribution in [0, 0.1) is 36.8 Å². The molecular formula is C21H18F2N4O. The van der Waals surface area contributed by atoms with Gasteiger partial charge in [0.05, 0.1) is 16.8 Å². The number of carbonyl (C=O) groups excluding carboxylic acids is 1. The van der Waals surface area contributed by atoms with Crippen LogP contribution in [0.1, 0.15) is 27.0 Å². The normalized spacial score (nSPS) is 10.5. The molecule has 0 fully saturated rings. The lowest BCUT2D eigenvalue weighted by molar-refractivity contribution is 0.0947. The van der Waals surface area contributed by atoms with Gasteiger partial charge in [-0.1, -0.05) is 17.7 Å². The minimum Gasteiger partial charge on any atom is -0.382 e. The Bertz CT molecular complexity index is 1090. The smallest absolute Gasteiger partial charge is 0.257 e. The number of halogens is 2. The minimum absolute atomic E-state index is 0.117. The SMILES string of the molecule is Cc1cc(C)c2ncc(C#N)c(NCCNC(=O)c3c(F)cccc3F)c2c1. The molecule has 0 saturated carbocycles. The predicted molar refractivity (Wildman–Crippen MR) is 103 cm³/mol. The number of nitrogens with one attached hydrogen (secondary N) is 2. The van der Waals surface area contributed by atoms with Gasteiger partial charge in [0.15, 0.2) is 0 Å². The van der Waals surface area contributed by atoms with Gasteiger partial charge in [-0.3, -0.25) is 9.78 Å². The number of aromatic nitrogens is 1. The van der Waals surface area contributed by atoms with Crippen LogP contribution in [0.5, 0.6) is 0 Å². The van der Waals surface area contributed by atoms with Crippen molar-refractivity contribution in [3.05, 3.63) is 70.4 Å². The number of aryl methyl sites for hydroxylation is 2. The van der Waals surface area contributed by atoms with Crippen LogP contribution in [0.2, 0.25) is 0 Å². The Morgan fingerprint density at radius 2 is 1.89 bits per heavy atom. The average molecular weight is 380 g/mol. The number of carbonyl (C=O) groups is 1. The second kappa shape index (κ2) is 8.01. The molecule has 2 aromatic carbocycles. The van der Waals surface area contributed by atoms with E-state index in [9.17, 15) is 18.8 Å². The Balaban J connectivity index is 1.76. The molecule has 0 bridgehead atoms. The van der Waals surface area contributed by atoms with Gasteiger partial charge in [0.1, 0.15) is 23.3 Å². The quantitative estimate of drug-likeness (QED) is 0.659. The van der Waals surface area contributed by atoms with E-state index in [0.29, 0.717) is 11.3 Å². The summed E-state index contributed by atoms with van der Waals surface area (Å²) in [5, 5.41) is 15.8. The first-order chi connectivity index (χ1) is 13.4. The van der Waals surface area contributed by atoms with Gasteiger partial charge in [0.25, 0.3) is 5.91 Å². The van der Waals surface area contributed by atoms with Crippen molar-refractivity contribution >= 4 is 22.5 Å². The number of fused-ring (bicyclic) bond motifs is 1. The predicted octanol–water partition coefficient (Wildman–Crippen LogP) is 3.84. The molecule has 0 unspecified atom stereocenters. The van der Waals surface area contributed by atoms with E-state index in [1.807, 2.05) is 26.0 Å². The number of nitriles is 1. The van der Waals surface area contributed by atoms with Crippen molar-refractivity contribution in [2.45, 2.75) is 13.8 Å². The van der Waals surface area contributed by atoms with Gasteiger partial charge in [0.2, 0.25) is 0 Å². The summed E-state index contributed by atoms with van der Waals surface area (Å²) in [6.45, 7) is 4.29. The zero-order valence-electron chi connectivity index (χ0n) is 15.4. The van der Waals surface area contributed by atoms with E-state index in [0.717, 1.165) is 34.2 Å². The Hall–Kier alpha value is -3.53. The molecule has 142 valence electrons. The summed E-state index contributed by atoms with van der Waals surface area (Å²) in [6.07, 6.45) is 1.50. The second-order valence-electron chi connectivity index (χ2n) is 6.42. The molecule has 1 aromatic heterocycles. The van der Waals surface area contributed by atoms with Crippen molar-refractivity contribution in [1.82, 2.24) is 10.3 Å². The van der Waals surface area contributed by atoms with E-state index in [1.54, 1.807) is 0 Å². The van der Waals surface area contributed by atoms with Gasteiger partial charge in [0, 0.05) is 24.7 Å². The molecule has 7 heteroatoms. The number of rotatable bonds is 5. The van der Waals surface area contributed by atoms with E-state index >= 15 is 0 Å². The minimum atomic E-state index is -0.914. The number of nitrogens with zero attached hydrogens (tertiary/aromatic N) is 2. The third kappa shape index (κ3) is 3.76. The molecule has 1 amide bonds. The summed E-state index contributed by atoms with van der Waals surface area (Å²) < 4.78 is 27.3. The maximum Gasteiger partial charge on any atom is 0.257 e. The summed E-state index contributed by atoms with van der Waals surface area (Å²) in [5.74, 6) is -2.66. The average Bonchev–Trinajstić information content (AvgIpc) is 2.65. The van der Waals surface area contributed by atoms with Crippen LogP contribution in [0.3, 0.4) is 0 Å². The highest BCUT2D eigenvalue weighted by molar-refractivity contribution is 5.96. The number of hydrogen-bond acceptors (Lipinski definition) is 4. The standard InChI is InChI=1S/C21H18F2N4O/c1-12-8-13(2)19-15(9-12)20(14(10-24)11-27-19)25-6-7-26-21(28)18-16(22)4-3-5-17(18)23/h3-5,8-9,11H,6-7H2,1-2H3,(H,25,27)(H,26,28). The molecular weight excluding hydrogens is 362 g/mol. The van der Waals surface area contributed by atoms with Gasteiger partial charge < -0.3 is 10.6 Å². The van der Waals surface area contributed by atoms with Crippen molar-refractivity contribution in [1.29, 1.82) is 5.26 Å². The van der Waals surface area contributed by atoms with E-state index in [2.05, 4.69) is 21.7 Å². The van der Waals surface area contributed by atoms with Gasteiger partial charge in [-0.05, 0) is 37.6 Å². The summed E-state index contributed by atoms with van der Waals surface area (Å²) in [5.41, 5.74) is 3.19. The second-order valence-corrected chi connectivity index (χ2v) is 6.42. The molecule has 0 aliphatic carbocycles. The summed E-state index contributed by atoms with van der Waals surface area (Å²) in [6, 6.07) is 9.31. The number of anilines is 1. The van der Waals surface area contributed by atoms with Crippen LogP contribution in [-0.4, -0.2) is 24.0 Å². The highest BCUT2D eigenvalue weighted by Crippen LogP contribution is 2.28. The first kappa shape index (κ1) is 19.2. The maximum absolute atomic E-state index is 13.7. The molecule has 0 aliphatic heterocycles. The van der Waals surface area contributed by atoms with Crippen LogP contribution in [0.25, 0.3) is 10.9 Å². The maximum atomic E-state index is 13.7. The van der Waals surface area contributed by atoms with Gasteiger partial charge in [-0.2, -0.15) is 5.26 Å². The fourth-order valence-corrected chi connectivity index (χ4v) is 3.10. The van der Waals surface area contributed by atoms with Crippen molar-refractivity contribution in [3.8, 4) is 6.07 Å². The monoisotopic (exact) mass is 380 g/mol. The summed E-state index contributed by atoms with van der Waals surface area (Å²) >= 11 is 0. The largest absolute Gasteiger partial charge is 0.382 e. The Morgan fingerprint density at radius 1 is 1.18 bits per heavy atom. The van der Waals surface area contributed by atoms with Crippen molar-refractivity contribution in [2.75, 3.05) is 18.4 Å². The molecule has 0 aliphatic rings. The van der Waals surface area contributed by atoms with E-state index < -0.39 is 23.1 Å². The summed E-state index contributed by atoms with van der Waals surface area (Å²) in [4.78, 5) is 16.4. The van der Waals surface area contributed by atoms with Crippen molar-refractivity contribution < 1.29 is 13.6 Å². The first-order valence-electron chi connectivity index (χ1n) is 8.68. The third-order valence-electron chi connectivity index (χ3n) is 4.33. The first-order valence-corrected chi connectivity index (χ1v) is 8.68. The number of pyridine rings is 1. The Kier molecular flexibility index (Phi) is 5.50. The fourth-order valence-electron chi connectivity index (χ4n) is 3.10. The van der Waals surface area contributed by atoms with Crippen LogP contribution in [-0.2, 0) is 0 Å². The fraction of sp³-hybridized carbons (Fsp3) is 0.190. The van der Waals surface area contributed by atoms with Gasteiger partial charge in [-0.25, -0.2) is 8.78 Å². The van der Waals surface area contributed by atoms with Crippen molar-refractivity contribution in [3.63, 3.8) is 0 Å². The molecule has 1 heterocycles. The molecule has 0 spiro atoms. The lowest BCUT2D eigenvalue weighted by Gasteiger charge is -2.14. The van der Waals surface area contributed by atoms with Crippen LogP contribution in [0.4, 0.5) is 14.5 Å². The lowest BCUT2D eigenvalue weighted by Crippen LogP contribution is -2.30. The molecule has 0 atom stereocenters. The molecule has 5 nitrogen and oxygen atoms in total. The molecule has 28 heavy (non-hydrogen) atoms. The topological polar surface area (TPSA) is 77.8 Å². The highest BCUT2D eigenvalue weighted by Gasteiger charge is 2.16. The van der Waals surface area contributed by atoms with E-state index in [4.69, 9.17) is 0 Å². The number of hydrogen-bond donors (Lipinski definition) is 2. The van der Waals surface area contributed by atoms with Crippen LogP contribution >= 0.6 is 0 Å². The van der Waals surface area contributed by atoms with Crippen LogP contribution < -0.4 is 10.6 Å². The highest BCUT2D eigenvalue weighted by atomic mass is 19.1. The van der Waals surface area contributed by atoms with Gasteiger partial charge >= 0.3 is 0 Å². The summed E-state index contributed by atoms with van der Waals surface area (Å²) in [7, 11) is 0. The lowest BCUT2D eigenvalue weighted by atomic mass is 10.0. The molecule has 3 aromatic rings. The molecule has 2 N–H and O–H groups in total. The Morgan fingerprint density at radius 3 is 2.57 bits per heavy atom. The number of amides is 1.